The van der Waals surface area contributed by atoms with Crippen molar-refractivity contribution in [3.8, 4) is 0 Å². The van der Waals surface area contributed by atoms with Crippen LogP contribution in [-0.2, 0) is 25.8 Å². The summed E-state index contributed by atoms with van der Waals surface area (Å²) in [6.45, 7) is 1.73. The third-order valence-corrected chi connectivity index (χ3v) is 8.20. The highest BCUT2D eigenvalue weighted by molar-refractivity contribution is 14.1. The molecular formula is C28H27FIN3O5S. The molecule has 0 aliphatic carbocycles. The van der Waals surface area contributed by atoms with Gasteiger partial charge >= 0.3 is 6.03 Å². The van der Waals surface area contributed by atoms with Crippen LogP contribution in [0.2, 0.25) is 0 Å². The van der Waals surface area contributed by atoms with E-state index < -0.39 is 51.5 Å². The van der Waals surface area contributed by atoms with Crippen molar-refractivity contribution in [2.75, 3.05) is 17.3 Å². The first-order valence-electron chi connectivity index (χ1n) is 12.2. The van der Waals surface area contributed by atoms with Gasteiger partial charge in [-0.25, -0.2) is 22.5 Å². The van der Waals surface area contributed by atoms with E-state index in [0.29, 0.717) is 15.6 Å². The van der Waals surface area contributed by atoms with Gasteiger partial charge in [-0.05, 0) is 63.9 Å². The molecule has 1 saturated heterocycles. The lowest BCUT2D eigenvalue weighted by Crippen LogP contribution is -2.50. The molecule has 0 radical (unpaired) electrons. The molecule has 0 bridgehead atoms. The Balaban J connectivity index is 1.62. The second-order valence-corrected chi connectivity index (χ2v) is 13.0. The molecule has 1 heterocycles. The quantitative estimate of drug-likeness (QED) is 0.260. The van der Waals surface area contributed by atoms with Gasteiger partial charge in [-0.15, -0.1) is 0 Å². The van der Waals surface area contributed by atoms with Gasteiger partial charge in [0.2, 0.25) is 5.91 Å². The minimum Gasteiger partial charge on any atom is -0.322 e. The molecular weight excluding hydrogens is 636 g/mol. The molecule has 1 fully saturated rings. The van der Waals surface area contributed by atoms with E-state index in [-0.39, 0.29) is 11.4 Å². The van der Waals surface area contributed by atoms with Crippen molar-refractivity contribution in [2.45, 2.75) is 31.3 Å². The Kier molecular flexibility index (Phi) is 8.70. The Morgan fingerprint density at radius 1 is 1.08 bits per heavy atom. The number of nitrogens with one attached hydrogen (secondary N) is 2. The second kappa shape index (κ2) is 11.8. The van der Waals surface area contributed by atoms with Crippen LogP contribution in [0.3, 0.4) is 0 Å². The zero-order valence-electron chi connectivity index (χ0n) is 21.2. The largest absolute Gasteiger partial charge is 0.325 e. The van der Waals surface area contributed by atoms with Crippen LogP contribution >= 0.6 is 22.6 Å². The van der Waals surface area contributed by atoms with E-state index in [1.165, 1.54) is 18.4 Å². The smallest absolute Gasteiger partial charge is 0.322 e. The third-order valence-electron chi connectivity index (χ3n) is 6.58. The number of hydrogen-bond donors (Lipinski definition) is 2. The molecule has 1 aliphatic heterocycles. The zero-order valence-corrected chi connectivity index (χ0v) is 24.2. The molecule has 11 heteroatoms. The minimum atomic E-state index is -3.13. The van der Waals surface area contributed by atoms with Gasteiger partial charge in [0.15, 0.2) is 0 Å². The molecule has 4 rings (SSSR count). The average molecular weight is 664 g/mol. The summed E-state index contributed by atoms with van der Waals surface area (Å²) < 4.78 is 38.1. The minimum absolute atomic E-state index is 0.00541. The van der Waals surface area contributed by atoms with Crippen molar-refractivity contribution in [1.29, 1.82) is 0 Å². The molecule has 1 aliphatic rings. The average Bonchev–Trinajstić information content (AvgIpc) is 3.18. The number of sulfone groups is 1. The number of hydrogen-bond acceptors (Lipinski definition) is 5. The summed E-state index contributed by atoms with van der Waals surface area (Å²) in [4.78, 5) is 41.3. The monoisotopic (exact) mass is 663 g/mol. The summed E-state index contributed by atoms with van der Waals surface area (Å²) in [5.74, 6) is -2.56. The molecule has 3 aromatic carbocycles. The molecule has 3 atom stereocenters. The molecule has 204 valence electrons. The normalized spacial score (nSPS) is 17.0. The Morgan fingerprint density at radius 3 is 2.36 bits per heavy atom. The number of carbonyl (C=O) groups excluding carboxylic acids is 3. The number of halogens is 2. The van der Waals surface area contributed by atoms with Crippen molar-refractivity contribution in [3.05, 3.63) is 98.9 Å². The predicted molar refractivity (Wildman–Crippen MR) is 154 cm³/mol. The summed E-state index contributed by atoms with van der Waals surface area (Å²) in [6.07, 6.45) is 1.49. The fourth-order valence-corrected chi connectivity index (χ4v) is 5.53. The van der Waals surface area contributed by atoms with Gasteiger partial charge in [-0.1, -0.05) is 61.5 Å². The number of urea groups is 1. The van der Waals surface area contributed by atoms with Crippen LogP contribution in [0, 0.1) is 9.39 Å². The van der Waals surface area contributed by atoms with Crippen LogP contribution in [0.5, 0.6) is 0 Å². The predicted octanol–water partition coefficient (Wildman–Crippen LogP) is 4.42. The van der Waals surface area contributed by atoms with Crippen molar-refractivity contribution < 1.29 is 27.2 Å². The lowest BCUT2D eigenvalue weighted by atomic mass is 9.91. The number of anilines is 1. The van der Waals surface area contributed by atoms with Gasteiger partial charge in [-0.2, -0.15) is 0 Å². The van der Waals surface area contributed by atoms with Crippen LogP contribution in [0.15, 0.2) is 72.8 Å². The summed E-state index contributed by atoms with van der Waals surface area (Å²) in [7, 11) is -3.13. The first kappa shape index (κ1) is 28.7. The maximum Gasteiger partial charge on any atom is 0.325 e. The van der Waals surface area contributed by atoms with Crippen molar-refractivity contribution in [3.63, 3.8) is 0 Å². The first-order valence-corrected chi connectivity index (χ1v) is 15.3. The SMILES string of the molecule is CC(c1ccccc1)C(C(=O)Nc1ccc(I)cc1F)N1C(=O)NC(c2ccc(CCS(C)(=O)=O)cc2)C1=O. The van der Waals surface area contributed by atoms with E-state index in [1.807, 2.05) is 28.7 Å². The Morgan fingerprint density at radius 2 is 1.74 bits per heavy atom. The summed E-state index contributed by atoms with van der Waals surface area (Å²) in [5, 5.41) is 5.21. The first-order chi connectivity index (χ1) is 18.4. The number of rotatable bonds is 9. The second-order valence-electron chi connectivity index (χ2n) is 9.47. The molecule has 39 heavy (non-hydrogen) atoms. The van der Waals surface area contributed by atoms with Gasteiger partial charge in [0.05, 0.1) is 11.4 Å². The lowest BCUT2D eigenvalue weighted by Gasteiger charge is -2.30. The maximum absolute atomic E-state index is 14.6. The molecule has 0 aromatic heterocycles. The zero-order chi connectivity index (χ0) is 28.3. The van der Waals surface area contributed by atoms with Crippen LogP contribution in [0.4, 0.5) is 14.9 Å². The van der Waals surface area contributed by atoms with E-state index in [9.17, 15) is 27.2 Å². The maximum atomic E-state index is 14.6. The molecule has 3 aromatic rings. The van der Waals surface area contributed by atoms with Crippen LogP contribution in [0.25, 0.3) is 0 Å². The fraction of sp³-hybridized carbons (Fsp3) is 0.250. The van der Waals surface area contributed by atoms with Crippen LogP contribution in [-0.4, -0.2) is 49.2 Å². The van der Waals surface area contributed by atoms with Gasteiger partial charge in [0.25, 0.3) is 5.91 Å². The molecule has 3 unspecified atom stereocenters. The topological polar surface area (TPSA) is 113 Å². The Labute approximate surface area is 240 Å². The van der Waals surface area contributed by atoms with Crippen molar-refractivity contribution in [1.82, 2.24) is 10.2 Å². The van der Waals surface area contributed by atoms with Gasteiger partial charge in [0, 0.05) is 15.7 Å². The summed E-state index contributed by atoms with van der Waals surface area (Å²) >= 11 is 1.96. The van der Waals surface area contributed by atoms with E-state index in [2.05, 4.69) is 10.6 Å². The number of carbonyl (C=O) groups is 3. The van der Waals surface area contributed by atoms with Crippen LogP contribution < -0.4 is 10.6 Å². The number of nitrogens with zero attached hydrogens (tertiary/aromatic N) is 1. The Hall–Kier alpha value is -3.32. The summed E-state index contributed by atoms with van der Waals surface area (Å²) in [6, 6.07) is 17.0. The number of aryl methyl sites for hydroxylation is 1. The van der Waals surface area contributed by atoms with Gasteiger partial charge < -0.3 is 10.6 Å². The van der Waals surface area contributed by atoms with Gasteiger partial charge in [0.1, 0.15) is 27.7 Å². The van der Waals surface area contributed by atoms with Crippen LogP contribution in [0.1, 0.15) is 35.6 Å². The van der Waals surface area contributed by atoms with E-state index >= 15 is 0 Å². The standard InChI is InChI=1S/C28H27FIN3O5S/c1-17(19-6-4-3-5-7-19)25(26(34)31-23-13-12-21(30)16-22(23)29)33-27(35)24(32-28(33)36)20-10-8-18(9-11-20)14-15-39(2,37)38/h3-13,16-17,24-25H,14-15H2,1-2H3,(H,31,34)(H,32,36). The van der Waals surface area contributed by atoms with Crippen molar-refractivity contribution in [2.24, 2.45) is 0 Å². The highest BCUT2D eigenvalue weighted by Crippen LogP contribution is 2.31. The number of amides is 4. The lowest BCUT2D eigenvalue weighted by molar-refractivity contribution is -0.134. The number of benzene rings is 3. The molecule has 4 amide bonds. The van der Waals surface area contributed by atoms with Gasteiger partial charge in [-0.3, -0.25) is 9.59 Å². The highest BCUT2D eigenvalue weighted by Gasteiger charge is 2.47. The van der Waals surface area contributed by atoms with Crippen molar-refractivity contribution >= 4 is 56.0 Å². The third kappa shape index (κ3) is 6.82. The molecule has 0 saturated carbocycles. The highest BCUT2D eigenvalue weighted by atomic mass is 127. The van der Waals surface area contributed by atoms with E-state index in [0.717, 1.165) is 16.0 Å². The molecule has 0 spiro atoms. The van der Waals surface area contributed by atoms with E-state index in [1.54, 1.807) is 61.5 Å². The number of imide groups is 1. The molecule has 8 nitrogen and oxygen atoms in total. The Bertz CT molecular complexity index is 1500. The molecule has 2 N–H and O–H groups in total. The summed E-state index contributed by atoms with van der Waals surface area (Å²) in [5.41, 5.74) is 1.93. The fourth-order valence-electron chi connectivity index (χ4n) is 4.47. The van der Waals surface area contributed by atoms with E-state index in [4.69, 9.17) is 0 Å².